The molecule has 7 nitrogen and oxygen atoms in total. The SMILES string of the molecule is C#Cc1c(F)ccc2cccc(-c3ncc4c(N5CCCOCC5)nc(OC[C@@]56CCCN5C[C@H](F)C6)nc4c3F)c12. The van der Waals surface area contributed by atoms with E-state index in [1.807, 2.05) is 4.90 Å². The molecule has 0 amide bonds. The van der Waals surface area contributed by atoms with Crippen LogP contribution in [0.2, 0.25) is 0 Å². The molecule has 216 valence electrons. The zero-order valence-corrected chi connectivity index (χ0v) is 23.1. The predicted octanol–water partition coefficient (Wildman–Crippen LogP) is 5.29. The number of pyridine rings is 1. The lowest BCUT2D eigenvalue weighted by Crippen LogP contribution is -2.43. The van der Waals surface area contributed by atoms with Gasteiger partial charge in [-0.05, 0) is 37.3 Å². The van der Waals surface area contributed by atoms with Crippen LogP contribution >= 0.6 is 0 Å². The largest absolute Gasteiger partial charge is 0.461 e. The van der Waals surface area contributed by atoms with Gasteiger partial charge in [-0.15, -0.1) is 6.42 Å². The van der Waals surface area contributed by atoms with Crippen molar-refractivity contribution in [3.8, 4) is 29.6 Å². The molecule has 0 aliphatic carbocycles. The summed E-state index contributed by atoms with van der Waals surface area (Å²) in [6, 6.07) is 8.16. The lowest BCUT2D eigenvalue weighted by atomic mass is 9.95. The van der Waals surface area contributed by atoms with Crippen molar-refractivity contribution in [3.63, 3.8) is 0 Å². The van der Waals surface area contributed by atoms with Crippen molar-refractivity contribution in [1.29, 1.82) is 0 Å². The molecule has 0 spiro atoms. The first-order valence-corrected chi connectivity index (χ1v) is 14.4. The molecule has 4 aromatic rings. The van der Waals surface area contributed by atoms with Gasteiger partial charge in [0.2, 0.25) is 0 Å². The van der Waals surface area contributed by atoms with Gasteiger partial charge in [-0.25, -0.2) is 13.2 Å². The van der Waals surface area contributed by atoms with Gasteiger partial charge in [0.25, 0.3) is 0 Å². The first-order chi connectivity index (χ1) is 20.5. The van der Waals surface area contributed by atoms with E-state index in [2.05, 4.69) is 20.8 Å². The minimum absolute atomic E-state index is 0.00151. The summed E-state index contributed by atoms with van der Waals surface area (Å²) in [5.74, 6) is 1.67. The van der Waals surface area contributed by atoms with Crippen LogP contribution in [0.15, 0.2) is 36.5 Å². The van der Waals surface area contributed by atoms with E-state index in [-0.39, 0.29) is 29.4 Å². The fourth-order valence-electron chi connectivity index (χ4n) is 6.81. The van der Waals surface area contributed by atoms with E-state index in [1.54, 1.807) is 30.5 Å². The van der Waals surface area contributed by atoms with Crippen molar-refractivity contribution >= 4 is 27.5 Å². The van der Waals surface area contributed by atoms with Crippen LogP contribution in [-0.2, 0) is 4.74 Å². The molecule has 2 atom stereocenters. The zero-order valence-electron chi connectivity index (χ0n) is 23.1. The standard InChI is InChI=1S/C32H30F3N5O2/c1-2-22-25(34)9-8-20-6-3-7-23(26(20)22)28-27(35)29-24(17-36-28)30(39-11-5-14-41-15-13-39)38-31(37-29)42-19-32-10-4-12-40(32)18-21(33)16-32/h1,3,6-9,17,21H,4-5,10-16,18-19H2/t21-,32+/m1/s1. The number of hydrogen-bond acceptors (Lipinski definition) is 7. The number of rotatable bonds is 5. The van der Waals surface area contributed by atoms with Crippen LogP contribution in [-0.4, -0.2) is 77.6 Å². The number of fused-ring (bicyclic) bond motifs is 3. The van der Waals surface area contributed by atoms with E-state index < -0.39 is 23.3 Å². The lowest BCUT2D eigenvalue weighted by Gasteiger charge is -2.31. The number of benzene rings is 2. The average Bonchev–Trinajstić information content (AvgIpc) is 3.37. The minimum Gasteiger partial charge on any atom is -0.461 e. The molecule has 0 N–H and O–H groups in total. The van der Waals surface area contributed by atoms with Crippen molar-refractivity contribution in [2.75, 3.05) is 50.9 Å². The maximum Gasteiger partial charge on any atom is 0.319 e. The molecule has 3 aliphatic heterocycles. The maximum absolute atomic E-state index is 16.6. The molecule has 2 aromatic carbocycles. The molecule has 0 saturated carbocycles. The van der Waals surface area contributed by atoms with E-state index in [4.69, 9.17) is 20.9 Å². The van der Waals surface area contributed by atoms with E-state index in [0.717, 1.165) is 25.8 Å². The molecular formula is C32H30F3N5O2. The summed E-state index contributed by atoms with van der Waals surface area (Å²) < 4.78 is 57.5. The second-order valence-electron chi connectivity index (χ2n) is 11.3. The van der Waals surface area contributed by atoms with Gasteiger partial charge in [-0.3, -0.25) is 9.88 Å². The fourth-order valence-corrected chi connectivity index (χ4v) is 6.81. The summed E-state index contributed by atoms with van der Waals surface area (Å²) in [6.45, 7) is 3.79. The molecule has 3 fully saturated rings. The highest BCUT2D eigenvalue weighted by atomic mass is 19.1. The summed E-state index contributed by atoms with van der Waals surface area (Å²) in [6.07, 6.45) is 9.30. The van der Waals surface area contributed by atoms with Gasteiger partial charge in [0, 0.05) is 49.8 Å². The second-order valence-corrected chi connectivity index (χ2v) is 11.3. The number of anilines is 1. The third-order valence-corrected chi connectivity index (χ3v) is 8.79. The normalized spacial score (nSPS) is 22.8. The van der Waals surface area contributed by atoms with Crippen molar-refractivity contribution in [3.05, 3.63) is 53.7 Å². The molecule has 0 radical (unpaired) electrons. The Morgan fingerprint density at radius 1 is 1.10 bits per heavy atom. The van der Waals surface area contributed by atoms with Crippen molar-refractivity contribution < 1.29 is 22.6 Å². The monoisotopic (exact) mass is 573 g/mol. The van der Waals surface area contributed by atoms with Crippen molar-refractivity contribution in [2.24, 2.45) is 0 Å². The summed E-state index contributed by atoms with van der Waals surface area (Å²) >= 11 is 0. The van der Waals surface area contributed by atoms with Crippen LogP contribution in [0.4, 0.5) is 19.0 Å². The highest BCUT2D eigenvalue weighted by Gasteiger charge is 2.49. The van der Waals surface area contributed by atoms with Crippen LogP contribution in [0.3, 0.4) is 0 Å². The van der Waals surface area contributed by atoms with E-state index in [1.165, 1.54) is 6.07 Å². The van der Waals surface area contributed by atoms with Gasteiger partial charge < -0.3 is 14.4 Å². The van der Waals surface area contributed by atoms with E-state index in [9.17, 15) is 8.78 Å². The molecular weight excluding hydrogens is 543 g/mol. The number of terminal acetylenes is 1. The summed E-state index contributed by atoms with van der Waals surface area (Å²) in [5.41, 5.74) is 0.0441. The topological polar surface area (TPSA) is 63.6 Å². The maximum atomic E-state index is 16.6. The Morgan fingerprint density at radius 3 is 2.88 bits per heavy atom. The molecule has 0 unspecified atom stereocenters. The van der Waals surface area contributed by atoms with Gasteiger partial charge in [-0.1, -0.05) is 30.2 Å². The number of hydrogen-bond donors (Lipinski definition) is 0. The molecule has 10 heteroatoms. The minimum atomic E-state index is -0.899. The van der Waals surface area contributed by atoms with Gasteiger partial charge in [0.1, 0.15) is 35.6 Å². The highest BCUT2D eigenvalue weighted by molar-refractivity contribution is 6.02. The summed E-state index contributed by atoms with van der Waals surface area (Å²) in [7, 11) is 0. The van der Waals surface area contributed by atoms with Gasteiger partial charge >= 0.3 is 6.01 Å². The average molecular weight is 574 g/mol. The second kappa shape index (κ2) is 10.7. The number of aromatic nitrogens is 3. The van der Waals surface area contributed by atoms with Crippen LogP contribution in [0.1, 0.15) is 31.2 Å². The quantitative estimate of drug-likeness (QED) is 0.301. The van der Waals surface area contributed by atoms with Gasteiger partial charge in [0.15, 0.2) is 5.82 Å². The van der Waals surface area contributed by atoms with Crippen LogP contribution in [0, 0.1) is 24.0 Å². The Kier molecular flexibility index (Phi) is 6.87. The predicted molar refractivity (Wildman–Crippen MR) is 154 cm³/mol. The van der Waals surface area contributed by atoms with E-state index >= 15 is 4.39 Å². The molecule has 42 heavy (non-hydrogen) atoms. The first kappa shape index (κ1) is 26.9. The zero-order chi connectivity index (χ0) is 28.8. The Bertz CT molecular complexity index is 1720. The fraction of sp³-hybridized carbons (Fsp3) is 0.406. The highest BCUT2D eigenvalue weighted by Crippen LogP contribution is 2.41. The number of ether oxygens (including phenoxy) is 2. The molecule has 7 rings (SSSR count). The van der Waals surface area contributed by atoms with E-state index in [0.29, 0.717) is 66.8 Å². The van der Waals surface area contributed by atoms with Crippen LogP contribution < -0.4 is 9.64 Å². The van der Waals surface area contributed by atoms with Gasteiger partial charge in [-0.2, -0.15) is 9.97 Å². The van der Waals surface area contributed by atoms with Crippen molar-refractivity contribution in [2.45, 2.75) is 37.4 Å². The third kappa shape index (κ3) is 4.52. The molecule has 2 aromatic heterocycles. The lowest BCUT2D eigenvalue weighted by molar-refractivity contribution is 0.107. The van der Waals surface area contributed by atoms with Crippen LogP contribution in [0.25, 0.3) is 32.9 Å². The van der Waals surface area contributed by atoms with Gasteiger partial charge in [0.05, 0.1) is 23.1 Å². The smallest absolute Gasteiger partial charge is 0.319 e. The number of halogens is 3. The Labute approximate surface area is 241 Å². The molecule has 5 heterocycles. The first-order valence-electron chi connectivity index (χ1n) is 14.4. The number of nitrogens with zero attached hydrogens (tertiary/aromatic N) is 5. The Morgan fingerprint density at radius 2 is 2.00 bits per heavy atom. The summed E-state index contributed by atoms with van der Waals surface area (Å²) in [5, 5.41) is 1.51. The Balaban J connectivity index is 1.36. The molecule has 3 aliphatic rings. The number of alkyl halides is 1. The Hall–Kier alpha value is -3.94. The summed E-state index contributed by atoms with van der Waals surface area (Å²) in [4.78, 5) is 18.0. The molecule has 0 bridgehead atoms. The molecule has 3 saturated heterocycles. The van der Waals surface area contributed by atoms with Crippen molar-refractivity contribution in [1.82, 2.24) is 19.9 Å². The van der Waals surface area contributed by atoms with Crippen LogP contribution in [0.5, 0.6) is 6.01 Å². The third-order valence-electron chi connectivity index (χ3n) is 8.79.